The third-order valence-electron chi connectivity index (χ3n) is 5.91. The van der Waals surface area contributed by atoms with Crippen LogP contribution in [0.15, 0.2) is 42.9 Å². The van der Waals surface area contributed by atoms with Gasteiger partial charge in [0.25, 0.3) is 5.91 Å². The van der Waals surface area contributed by atoms with Crippen molar-refractivity contribution in [2.45, 2.75) is 18.9 Å². The number of nitrogens with two attached hydrogens (primary N) is 1. The Kier molecular flexibility index (Phi) is 5.99. The lowest BCUT2D eigenvalue weighted by atomic mass is 10.00. The maximum atomic E-state index is 15.1. The van der Waals surface area contributed by atoms with Gasteiger partial charge in [0.15, 0.2) is 0 Å². The van der Waals surface area contributed by atoms with Crippen LogP contribution < -0.4 is 16.0 Å². The first kappa shape index (κ1) is 22.0. The number of carbonyl (C=O) groups excluding carboxylic acids is 1. The molecule has 1 unspecified atom stereocenters. The molecule has 5 rings (SSSR count). The predicted molar refractivity (Wildman–Crippen MR) is 127 cm³/mol. The van der Waals surface area contributed by atoms with Crippen molar-refractivity contribution < 1.29 is 9.18 Å². The second-order valence-electron chi connectivity index (χ2n) is 7.93. The Morgan fingerprint density at radius 3 is 2.91 bits per heavy atom. The summed E-state index contributed by atoms with van der Waals surface area (Å²) in [6.45, 7) is 1.61. The van der Waals surface area contributed by atoms with Gasteiger partial charge < -0.3 is 20.9 Å². The fourth-order valence-corrected chi connectivity index (χ4v) is 4.37. The molecule has 1 aliphatic rings. The Hall–Kier alpha value is -3.23. The number of aromatic nitrogens is 3. The zero-order valence-corrected chi connectivity index (χ0v) is 18.4. The van der Waals surface area contributed by atoms with E-state index in [4.69, 9.17) is 5.73 Å². The van der Waals surface area contributed by atoms with E-state index in [1.54, 1.807) is 25.5 Å². The number of hydrogen-bond donors (Lipinski definition) is 3. The second-order valence-corrected chi connectivity index (χ2v) is 7.93. The lowest BCUT2D eigenvalue weighted by molar-refractivity contribution is 0.0963. The molecular formula is C23H24ClFN6O. The average molecular weight is 455 g/mol. The Labute approximate surface area is 190 Å². The van der Waals surface area contributed by atoms with Crippen molar-refractivity contribution in [1.82, 2.24) is 20.3 Å². The topological polar surface area (TPSA) is 99.9 Å². The minimum Gasteiger partial charge on any atom is -0.369 e. The normalized spacial score (nSPS) is 16.2. The molecule has 1 fully saturated rings. The van der Waals surface area contributed by atoms with Crippen LogP contribution in [0.3, 0.4) is 0 Å². The van der Waals surface area contributed by atoms with E-state index in [9.17, 15) is 4.79 Å². The molecule has 4 N–H and O–H groups in total. The third-order valence-corrected chi connectivity index (χ3v) is 5.91. The molecule has 1 aliphatic heterocycles. The smallest absolute Gasteiger partial charge is 0.252 e. The third kappa shape index (κ3) is 3.76. The molecule has 0 spiro atoms. The first-order chi connectivity index (χ1) is 15.0. The van der Waals surface area contributed by atoms with Crippen LogP contribution in [0, 0.1) is 5.82 Å². The van der Waals surface area contributed by atoms with E-state index >= 15 is 4.39 Å². The van der Waals surface area contributed by atoms with Crippen LogP contribution in [0.4, 0.5) is 10.1 Å². The number of benzene rings is 1. The number of hydrogen-bond acceptors (Lipinski definition) is 5. The minimum absolute atomic E-state index is 0. The molecule has 3 aromatic heterocycles. The highest BCUT2D eigenvalue weighted by molar-refractivity contribution is 6.03. The molecule has 0 bridgehead atoms. The van der Waals surface area contributed by atoms with Gasteiger partial charge in [-0.2, -0.15) is 0 Å². The van der Waals surface area contributed by atoms with E-state index in [2.05, 4.69) is 25.2 Å². The Balaban J connectivity index is 0.00000245. The van der Waals surface area contributed by atoms with Crippen LogP contribution in [0.5, 0.6) is 0 Å². The van der Waals surface area contributed by atoms with E-state index in [0.29, 0.717) is 22.3 Å². The monoisotopic (exact) mass is 454 g/mol. The summed E-state index contributed by atoms with van der Waals surface area (Å²) >= 11 is 0. The van der Waals surface area contributed by atoms with Crippen LogP contribution in [-0.4, -0.2) is 47.0 Å². The van der Waals surface area contributed by atoms with Crippen molar-refractivity contribution in [3.8, 4) is 11.1 Å². The SMILES string of the molecule is CNC(=O)c1cnc2[nH]cc(-c3cc(F)c4nccc(N5CCCC(N)C5)c4c3)c2c1.Cl. The van der Waals surface area contributed by atoms with Crippen molar-refractivity contribution in [1.29, 1.82) is 0 Å². The number of pyridine rings is 2. The number of amides is 1. The number of halogens is 2. The zero-order valence-electron chi connectivity index (χ0n) is 17.6. The lowest BCUT2D eigenvalue weighted by Crippen LogP contribution is -2.42. The van der Waals surface area contributed by atoms with E-state index in [1.807, 2.05) is 12.1 Å². The van der Waals surface area contributed by atoms with Crippen LogP contribution in [0.1, 0.15) is 23.2 Å². The lowest BCUT2D eigenvalue weighted by Gasteiger charge is -2.33. The van der Waals surface area contributed by atoms with Gasteiger partial charge in [0.1, 0.15) is 17.0 Å². The number of rotatable bonds is 3. The van der Waals surface area contributed by atoms with Crippen molar-refractivity contribution >= 4 is 45.9 Å². The van der Waals surface area contributed by atoms with Crippen molar-refractivity contribution in [3.63, 3.8) is 0 Å². The highest BCUT2D eigenvalue weighted by atomic mass is 35.5. The standard InChI is InChI=1S/C23H23FN6O.ClH/c1-26-23(31)14-8-16-18(11-29-22(16)28-10-14)13-7-17-20(30-6-2-3-15(25)12-30)4-5-27-21(17)19(24)9-13;/h4-5,7-11,15H,2-3,6,12,25H2,1H3,(H,26,31)(H,28,29);1H. The van der Waals surface area contributed by atoms with Crippen molar-refractivity contribution in [2.24, 2.45) is 5.73 Å². The number of H-pyrrole nitrogens is 1. The van der Waals surface area contributed by atoms with E-state index < -0.39 is 0 Å². The van der Waals surface area contributed by atoms with E-state index in [0.717, 1.165) is 48.0 Å². The van der Waals surface area contributed by atoms with Crippen molar-refractivity contribution in [3.05, 3.63) is 54.2 Å². The Bertz CT molecular complexity index is 1310. The zero-order chi connectivity index (χ0) is 21.5. The molecule has 9 heteroatoms. The molecule has 0 radical (unpaired) electrons. The maximum Gasteiger partial charge on any atom is 0.252 e. The molecule has 1 saturated heterocycles. The quantitative estimate of drug-likeness (QED) is 0.439. The van der Waals surface area contributed by atoms with Gasteiger partial charge >= 0.3 is 0 Å². The maximum absolute atomic E-state index is 15.1. The molecule has 7 nitrogen and oxygen atoms in total. The summed E-state index contributed by atoms with van der Waals surface area (Å²) in [7, 11) is 1.57. The molecule has 4 heterocycles. The fourth-order valence-electron chi connectivity index (χ4n) is 4.37. The number of nitrogens with zero attached hydrogens (tertiary/aromatic N) is 3. The van der Waals surface area contributed by atoms with Crippen LogP contribution in [0.2, 0.25) is 0 Å². The summed E-state index contributed by atoms with van der Waals surface area (Å²) in [5.41, 5.74) is 10.0. The van der Waals surface area contributed by atoms with Gasteiger partial charge in [-0.15, -0.1) is 12.4 Å². The molecule has 1 atom stereocenters. The summed E-state index contributed by atoms with van der Waals surface area (Å²) in [6, 6.07) is 7.23. The van der Waals surface area contributed by atoms with Gasteiger partial charge in [-0.25, -0.2) is 9.37 Å². The number of carbonyl (C=O) groups is 1. The van der Waals surface area contributed by atoms with Gasteiger partial charge in [-0.05, 0) is 42.7 Å². The van der Waals surface area contributed by atoms with Crippen molar-refractivity contribution in [2.75, 3.05) is 25.0 Å². The number of fused-ring (bicyclic) bond motifs is 2. The Morgan fingerprint density at radius 2 is 2.12 bits per heavy atom. The van der Waals surface area contributed by atoms with Gasteiger partial charge in [0.2, 0.25) is 0 Å². The first-order valence-corrected chi connectivity index (χ1v) is 10.3. The molecule has 4 aromatic rings. The van der Waals surface area contributed by atoms with E-state index in [-0.39, 0.29) is 30.2 Å². The number of nitrogens with one attached hydrogen (secondary N) is 2. The summed E-state index contributed by atoms with van der Waals surface area (Å²) < 4.78 is 15.1. The molecule has 0 aliphatic carbocycles. The fraction of sp³-hybridized carbons (Fsp3) is 0.261. The summed E-state index contributed by atoms with van der Waals surface area (Å²) in [6.07, 6.45) is 6.95. The van der Waals surface area contributed by atoms with Crippen LogP contribution in [-0.2, 0) is 0 Å². The number of aromatic amines is 1. The molecule has 1 aromatic carbocycles. The summed E-state index contributed by atoms with van der Waals surface area (Å²) in [5.74, 6) is -0.611. The minimum atomic E-state index is -0.388. The highest BCUT2D eigenvalue weighted by Crippen LogP contribution is 2.35. The largest absolute Gasteiger partial charge is 0.369 e. The van der Waals surface area contributed by atoms with Gasteiger partial charge in [-0.1, -0.05) is 0 Å². The number of anilines is 1. The summed E-state index contributed by atoms with van der Waals surface area (Å²) in [4.78, 5) is 26.0. The first-order valence-electron chi connectivity index (χ1n) is 10.3. The predicted octanol–water partition coefficient (Wildman–Crippen LogP) is 3.63. The molecule has 32 heavy (non-hydrogen) atoms. The Morgan fingerprint density at radius 1 is 1.28 bits per heavy atom. The van der Waals surface area contributed by atoms with Gasteiger partial charge in [-0.3, -0.25) is 9.78 Å². The molecule has 1 amide bonds. The summed E-state index contributed by atoms with van der Waals surface area (Å²) in [5, 5.41) is 4.11. The average Bonchev–Trinajstić information content (AvgIpc) is 3.21. The van der Waals surface area contributed by atoms with Crippen LogP contribution in [0.25, 0.3) is 33.1 Å². The highest BCUT2D eigenvalue weighted by Gasteiger charge is 2.21. The second kappa shape index (κ2) is 8.72. The number of piperidine rings is 1. The molecule has 166 valence electrons. The van der Waals surface area contributed by atoms with Gasteiger partial charge in [0.05, 0.1) is 5.56 Å². The molecular weight excluding hydrogens is 431 g/mol. The van der Waals surface area contributed by atoms with Crippen LogP contribution >= 0.6 is 12.4 Å². The van der Waals surface area contributed by atoms with E-state index in [1.165, 1.54) is 12.3 Å². The molecule has 0 saturated carbocycles. The van der Waals surface area contributed by atoms with Gasteiger partial charge in [0, 0.05) is 66.8 Å².